The number of hydrogen-bond donors (Lipinski definition) is 1. The van der Waals surface area contributed by atoms with Crippen molar-refractivity contribution in [1.29, 1.82) is 0 Å². The molecule has 0 unspecified atom stereocenters. The minimum atomic E-state index is 0.365. The largest absolute Gasteiger partial charge is 0.384 e. The highest BCUT2D eigenvalue weighted by molar-refractivity contribution is 7.16. The summed E-state index contributed by atoms with van der Waals surface area (Å²) in [7, 11) is 1.77. The SMILES string of the molecule is COCC1CCN(c2nc(N)nc3sccc23)CC1. The number of rotatable bonds is 3. The predicted octanol–water partition coefficient (Wildman–Crippen LogP) is 2.14. The quantitative estimate of drug-likeness (QED) is 0.932. The number of ether oxygens (including phenoxy) is 1. The van der Waals surface area contributed by atoms with Crippen LogP contribution in [0.15, 0.2) is 11.4 Å². The van der Waals surface area contributed by atoms with Gasteiger partial charge in [-0.25, -0.2) is 4.98 Å². The van der Waals surface area contributed by atoms with Crippen molar-refractivity contribution in [1.82, 2.24) is 9.97 Å². The zero-order valence-corrected chi connectivity index (χ0v) is 11.8. The van der Waals surface area contributed by atoms with E-state index in [1.165, 1.54) is 0 Å². The second-order valence-electron chi connectivity index (χ2n) is 4.93. The Morgan fingerprint density at radius 3 is 2.95 bits per heavy atom. The number of nitrogens with two attached hydrogens (primary N) is 1. The molecule has 0 saturated carbocycles. The highest BCUT2D eigenvalue weighted by Crippen LogP contribution is 2.31. The summed E-state index contributed by atoms with van der Waals surface area (Å²) in [4.78, 5) is 12.0. The number of anilines is 2. The van der Waals surface area contributed by atoms with Crippen molar-refractivity contribution in [2.24, 2.45) is 5.92 Å². The van der Waals surface area contributed by atoms with Crippen molar-refractivity contribution in [3.8, 4) is 0 Å². The highest BCUT2D eigenvalue weighted by Gasteiger charge is 2.22. The van der Waals surface area contributed by atoms with Crippen molar-refractivity contribution >= 4 is 33.3 Å². The maximum absolute atomic E-state index is 5.80. The molecule has 0 bridgehead atoms. The lowest BCUT2D eigenvalue weighted by atomic mass is 9.98. The van der Waals surface area contributed by atoms with Crippen LogP contribution in [0.2, 0.25) is 0 Å². The molecule has 6 heteroatoms. The Morgan fingerprint density at radius 2 is 2.21 bits per heavy atom. The van der Waals surface area contributed by atoms with Crippen molar-refractivity contribution in [2.75, 3.05) is 37.4 Å². The lowest BCUT2D eigenvalue weighted by Gasteiger charge is -2.32. The second kappa shape index (κ2) is 5.30. The van der Waals surface area contributed by atoms with Crippen LogP contribution < -0.4 is 10.6 Å². The van der Waals surface area contributed by atoms with Gasteiger partial charge in [-0.1, -0.05) is 0 Å². The monoisotopic (exact) mass is 278 g/mol. The summed E-state index contributed by atoms with van der Waals surface area (Å²) >= 11 is 1.61. The van der Waals surface area contributed by atoms with E-state index in [-0.39, 0.29) is 0 Å². The number of nitrogen functional groups attached to an aromatic ring is 1. The van der Waals surface area contributed by atoms with Gasteiger partial charge in [-0.3, -0.25) is 0 Å². The summed E-state index contributed by atoms with van der Waals surface area (Å²) in [6, 6.07) is 2.08. The average Bonchev–Trinajstić information content (AvgIpc) is 2.87. The molecule has 1 fully saturated rings. The van der Waals surface area contributed by atoms with Crippen LogP contribution in [-0.4, -0.2) is 36.8 Å². The number of fused-ring (bicyclic) bond motifs is 1. The molecule has 102 valence electrons. The molecule has 0 aromatic carbocycles. The van der Waals surface area contributed by atoms with E-state index < -0.39 is 0 Å². The zero-order valence-electron chi connectivity index (χ0n) is 11.0. The lowest BCUT2D eigenvalue weighted by Crippen LogP contribution is -2.35. The first-order valence-corrected chi connectivity index (χ1v) is 7.40. The Bertz CT molecular complexity index is 563. The lowest BCUT2D eigenvalue weighted by molar-refractivity contribution is 0.139. The van der Waals surface area contributed by atoms with Crippen molar-refractivity contribution in [2.45, 2.75) is 12.8 Å². The number of thiophene rings is 1. The zero-order chi connectivity index (χ0) is 13.2. The maximum atomic E-state index is 5.80. The van der Waals surface area contributed by atoms with Crippen LogP contribution in [0.5, 0.6) is 0 Å². The number of nitrogens with zero attached hydrogens (tertiary/aromatic N) is 3. The van der Waals surface area contributed by atoms with E-state index in [2.05, 4.69) is 20.9 Å². The molecule has 2 N–H and O–H groups in total. The van der Waals surface area contributed by atoms with Crippen molar-refractivity contribution in [3.05, 3.63) is 11.4 Å². The molecule has 19 heavy (non-hydrogen) atoms. The Hall–Kier alpha value is -1.40. The molecule has 2 aromatic rings. The van der Waals surface area contributed by atoms with Gasteiger partial charge in [0.2, 0.25) is 5.95 Å². The summed E-state index contributed by atoms with van der Waals surface area (Å²) in [5, 5.41) is 3.16. The van der Waals surface area contributed by atoms with E-state index in [9.17, 15) is 0 Å². The molecule has 0 spiro atoms. The molecular weight excluding hydrogens is 260 g/mol. The van der Waals surface area contributed by atoms with Gasteiger partial charge in [0, 0.05) is 26.8 Å². The molecule has 5 nitrogen and oxygen atoms in total. The summed E-state index contributed by atoms with van der Waals surface area (Å²) < 4.78 is 5.24. The average molecular weight is 278 g/mol. The van der Waals surface area contributed by atoms with Gasteiger partial charge in [-0.15, -0.1) is 11.3 Å². The smallest absolute Gasteiger partial charge is 0.223 e. The Labute approximate surface area is 116 Å². The number of methoxy groups -OCH3 is 1. The van der Waals surface area contributed by atoms with Gasteiger partial charge < -0.3 is 15.4 Å². The first-order valence-electron chi connectivity index (χ1n) is 6.52. The van der Waals surface area contributed by atoms with Gasteiger partial charge in [-0.05, 0) is 30.2 Å². The van der Waals surface area contributed by atoms with E-state index in [1.54, 1.807) is 18.4 Å². The fourth-order valence-electron chi connectivity index (χ4n) is 2.64. The van der Waals surface area contributed by atoms with E-state index in [0.29, 0.717) is 11.9 Å². The molecule has 1 aliphatic heterocycles. The molecule has 0 aliphatic carbocycles. The van der Waals surface area contributed by atoms with Gasteiger partial charge in [0.05, 0.1) is 5.39 Å². The molecular formula is C13H18N4OS. The van der Waals surface area contributed by atoms with Gasteiger partial charge in [0.15, 0.2) is 0 Å². The van der Waals surface area contributed by atoms with Crippen LogP contribution in [0.4, 0.5) is 11.8 Å². The number of aromatic nitrogens is 2. The second-order valence-corrected chi connectivity index (χ2v) is 5.83. The summed E-state index contributed by atoms with van der Waals surface area (Å²) in [5.74, 6) is 2.02. The van der Waals surface area contributed by atoms with E-state index in [4.69, 9.17) is 10.5 Å². The van der Waals surface area contributed by atoms with Crippen LogP contribution in [0, 0.1) is 5.92 Å². The van der Waals surface area contributed by atoms with Gasteiger partial charge in [0.25, 0.3) is 0 Å². The molecule has 1 saturated heterocycles. The predicted molar refractivity (Wildman–Crippen MR) is 78.6 cm³/mol. The summed E-state index contributed by atoms with van der Waals surface area (Å²) in [6.07, 6.45) is 2.28. The first kappa shape index (κ1) is 12.6. The molecule has 0 amide bonds. The maximum Gasteiger partial charge on any atom is 0.223 e. The third kappa shape index (κ3) is 2.50. The van der Waals surface area contributed by atoms with E-state index in [0.717, 1.165) is 48.6 Å². The highest BCUT2D eigenvalue weighted by atomic mass is 32.1. The van der Waals surface area contributed by atoms with E-state index in [1.807, 2.05) is 5.38 Å². The van der Waals surface area contributed by atoms with Crippen molar-refractivity contribution in [3.63, 3.8) is 0 Å². The summed E-state index contributed by atoms with van der Waals surface area (Å²) in [5.41, 5.74) is 5.80. The molecule has 0 atom stereocenters. The van der Waals surface area contributed by atoms with Crippen LogP contribution in [0.25, 0.3) is 10.2 Å². The van der Waals surface area contributed by atoms with Gasteiger partial charge >= 0.3 is 0 Å². The molecule has 3 rings (SSSR count). The minimum Gasteiger partial charge on any atom is -0.384 e. The van der Waals surface area contributed by atoms with Gasteiger partial charge in [-0.2, -0.15) is 4.98 Å². The number of hydrogen-bond acceptors (Lipinski definition) is 6. The minimum absolute atomic E-state index is 0.365. The first-order chi connectivity index (χ1) is 9.28. The molecule has 1 aliphatic rings. The summed E-state index contributed by atoms with van der Waals surface area (Å²) in [6.45, 7) is 2.87. The Balaban J connectivity index is 1.83. The molecule has 3 heterocycles. The number of piperidine rings is 1. The fraction of sp³-hybridized carbons (Fsp3) is 0.538. The topological polar surface area (TPSA) is 64.3 Å². The normalized spacial score (nSPS) is 17.2. The van der Waals surface area contributed by atoms with Crippen LogP contribution in [0.1, 0.15) is 12.8 Å². The van der Waals surface area contributed by atoms with Crippen molar-refractivity contribution < 1.29 is 4.74 Å². The fourth-order valence-corrected chi connectivity index (χ4v) is 3.41. The standard InChI is InChI=1S/C13H18N4OS/c1-18-8-9-2-5-17(6-3-9)11-10-4-7-19-12(10)16-13(14)15-11/h4,7,9H,2-3,5-6,8H2,1H3,(H2,14,15,16). The Morgan fingerprint density at radius 1 is 1.42 bits per heavy atom. The van der Waals surface area contributed by atoms with Crippen LogP contribution in [-0.2, 0) is 4.74 Å². The van der Waals surface area contributed by atoms with Crippen LogP contribution >= 0.6 is 11.3 Å². The van der Waals surface area contributed by atoms with Gasteiger partial charge in [0.1, 0.15) is 10.6 Å². The third-order valence-electron chi connectivity index (χ3n) is 3.64. The third-order valence-corrected chi connectivity index (χ3v) is 4.45. The van der Waals surface area contributed by atoms with E-state index >= 15 is 0 Å². The Kier molecular flexibility index (Phi) is 3.52. The molecule has 2 aromatic heterocycles. The molecule has 0 radical (unpaired) electrons. The van der Waals surface area contributed by atoms with Crippen LogP contribution in [0.3, 0.4) is 0 Å².